The molecule has 0 aliphatic carbocycles. The third-order valence-corrected chi connectivity index (χ3v) is 6.01. The maximum absolute atomic E-state index is 12.6. The monoisotopic (exact) mass is 413 g/mol. The molecule has 0 aromatic heterocycles. The first-order valence-corrected chi connectivity index (χ1v) is 11.0. The first-order valence-electron chi connectivity index (χ1n) is 10.7. The molecule has 1 N–H and O–H groups in total. The number of hydrogen-bond acceptors (Lipinski definition) is 3. The topological polar surface area (TPSA) is 35.6 Å². The van der Waals surface area contributed by atoms with E-state index >= 15 is 0 Å². The van der Waals surface area contributed by atoms with E-state index in [1.165, 1.54) is 11.1 Å². The number of nitrogens with zero attached hydrogens (tertiary/aromatic N) is 2. The molecule has 0 spiro atoms. The van der Waals surface area contributed by atoms with Crippen LogP contribution in [0.2, 0.25) is 5.02 Å². The summed E-state index contributed by atoms with van der Waals surface area (Å²) in [5, 5.41) is 3.99. The Kier molecular flexibility index (Phi) is 8.10. The lowest BCUT2D eigenvalue weighted by Gasteiger charge is -2.32. The van der Waals surface area contributed by atoms with Crippen LogP contribution in [0.4, 0.5) is 0 Å². The second kappa shape index (κ2) is 10.8. The average molecular weight is 414 g/mol. The van der Waals surface area contributed by atoms with Gasteiger partial charge in [0.2, 0.25) is 0 Å². The lowest BCUT2D eigenvalue weighted by atomic mass is 10.0. The minimum Gasteiger partial charge on any atom is -0.349 e. The van der Waals surface area contributed by atoms with Gasteiger partial charge in [-0.15, -0.1) is 0 Å². The van der Waals surface area contributed by atoms with Crippen LogP contribution >= 0.6 is 11.6 Å². The number of likely N-dealkylation sites (tertiary alicyclic amines) is 1. The fourth-order valence-corrected chi connectivity index (χ4v) is 3.95. The third-order valence-electron chi connectivity index (χ3n) is 5.76. The number of amides is 1. The Bertz CT molecular complexity index is 764. The van der Waals surface area contributed by atoms with Crippen molar-refractivity contribution in [2.45, 2.75) is 45.8 Å². The molecule has 0 atom stereocenters. The lowest BCUT2D eigenvalue weighted by Crippen LogP contribution is -2.44. The van der Waals surface area contributed by atoms with Crippen molar-refractivity contribution in [3.63, 3.8) is 0 Å². The molecule has 1 aliphatic rings. The molecule has 0 unspecified atom stereocenters. The van der Waals surface area contributed by atoms with Gasteiger partial charge >= 0.3 is 0 Å². The van der Waals surface area contributed by atoms with Crippen LogP contribution < -0.4 is 5.32 Å². The summed E-state index contributed by atoms with van der Waals surface area (Å²) in [6.07, 6.45) is 1.97. The number of piperidine rings is 1. The van der Waals surface area contributed by atoms with E-state index in [1.807, 2.05) is 24.3 Å². The Labute approximate surface area is 179 Å². The van der Waals surface area contributed by atoms with Crippen molar-refractivity contribution in [1.82, 2.24) is 15.1 Å². The number of rotatable bonds is 8. The zero-order valence-electron chi connectivity index (χ0n) is 17.5. The molecule has 3 rings (SSSR count). The van der Waals surface area contributed by atoms with Crippen molar-refractivity contribution in [3.8, 4) is 0 Å². The van der Waals surface area contributed by atoms with E-state index in [-0.39, 0.29) is 11.9 Å². The summed E-state index contributed by atoms with van der Waals surface area (Å²) >= 11 is 5.96. The molecule has 1 heterocycles. The molecule has 1 fully saturated rings. The standard InChI is InChI=1S/C24H32ClN3O/c1-3-27(4-2)17-19-5-9-21(10-6-19)24(29)26-23-13-15-28(16-14-23)18-20-7-11-22(25)12-8-20/h5-12,23H,3-4,13-18H2,1-2H3,(H,26,29). The van der Waals surface area contributed by atoms with Crippen molar-refractivity contribution < 1.29 is 4.79 Å². The predicted molar refractivity (Wildman–Crippen MR) is 120 cm³/mol. The van der Waals surface area contributed by atoms with Crippen LogP contribution in [0, 0.1) is 0 Å². The number of carbonyl (C=O) groups is 1. The highest BCUT2D eigenvalue weighted by molar-refractivity contribution is 6.30. The van der Waals surface area contributed by atoms with E-state index in [4.69, 9.17) is 11.6 Å². The van der Waals surface area contributed by atoms with Gasteiger partial charge in [-0.05, 0) is 61.3 Å². The molecule has 156 valence electrons. The second-order valence-electron chi connectivity index (χ2n) is 7.81. The van der Waals surface area contributed by atoms with Crippen molar-refractivity contribution in [2.75, 3.05) is 26.2 Å². The maximum atomic E-state index is 12.6. The summed E-state index contributed by atoms with van der Waals surface area (Å²) in [4.78, 5) is 17.4. The zero-order chi connectivity index (χ0) is 20.6. The van der Waals surface area contributed by atoms with E-state index in [9.17, 15) is 4.79 Å². The Morgan fingerprint density at radius 2 is 1.59 bits per heavy atom. The maximum Gasteiger partial charge on any atom is 0.251 e. The summed E-state index contributed by atoms with van der Waals surface area (Å²) in [5.41, 5.74) is 3.28. The van der Waals surface area contributed by atoms with Gasteiger partial charge < -0.3 is 5.32 Å². The largest absolute Gasteiger partial charge is 0.349 e. The van der Waals surface area contributed by atoms with Crippen molar-refractivity contribution in [2.24, 2.45) is 0 Å². The molecule has 1 amide bonds. The number of halogens is 1. The van der Waals surface area contributed by atoms with Crippen LogP contribution in [-0.4, -0.2) is 47.9 Å². The molecule has 29 heavy (non-hydrogen) atoms. The zero-order valence-corrected chi connectivity index (χ0v) is 18.3. The van der Waals surface area contributed by atoms with Gasteiger partial charge in [-0.2, -0.15) is 0 Å². The Balaban J connectivity index is 1.45. The average Bonchev–Trinajstić information content (AvgIpc) is 2.75. The molecule has 4 nitrogen and oxygen atoms in total. The summed E-state index contributed by atoms with van der Waals surface area (Å²) in [7, 11) is 0. The van der Waals surface area contributed by atoms with Crippen molar-refractivity contribution in [3.05, 3.63) is 70.2 Å². The molecule has 0 saturated carbocycles. The SMILES string of the molecule is CCN(CC)Cc1ccc(C(=O)NC2CCN(Cc3ccc(Cl)cc3)CC2)cc1. The molecule has 2 aromatic rings. The number of benzene rings is 2. The minimum absolute atomic E-state index is 0.0375. The smallest absolute Gasteiger partial charge is 0.251 e. The molecule has 5 heteroatoms. The van der Waals surface area contributed by atoms with Gasteiger partial charge in [0.15, 0.2) is 0 Å². The highest BCUT2D eigenvalue weighted by Gasteiger charge is 2.21. The van der Waals surface area contributed by atoms with Gasteiger partial charge in [-0.3, -0.25) is 14.6 Å². The van der Waals surface area contributed by atoms with Crippen LogP contribution in [0.25, 0.3) is 0 Å². The Morgan fingerprint density at radius 3 is 2.17 bits per heavy atom. The number of nitrogens with one attached hydrogen (secondary N) is 1. The van der Waals surface area contributed by atoms with E-state index in [1.54, 1.807) is 0 Å². The van der Waals surface area contributed by atoms with E-state index in [0.29, 0.717) is 0 Å². The van der Waals surface area contributed by atoms with Crippen LogP contribution in [0.3, 0.4) is 0 Å². The summed E-state index contributed by atoms with van der Waals surface area (Å²) in [6, 6.07) is 16.3. The fraction of sp³-hybridized carbons (Fsp3) is 0.458. The Hall–Kier alpha value is -1.88. The predicted octanol–water partition coefficient (Wildman–Crippen LogP) is 4.58. The van der Waals surface area contributed by atoms with Gasteiger partial charge in [-0.25, -0.2) is 0 Å². The quantitative estimate of drug-likeness (QED) is 0.688. The van der Waals surface area contributed by atoms with Crippen molar-refractivity contribution in [1.29, 1.82) is 0 Å². The minimum atomic E-state index is 0.0375. The lowest BCUT2D eigenvalue weighted by molar-refractivity contribution is 0.0909. The first-order chi connectivity index (χ1) is 14.1. The van der Waals surface area contributed by atoms with Crippen LogP contribution in [-0.2, 0) is 13.1 Å². The molecule has 1 aliphatic heterocycles. The first kappa shape index (κ1) is 21.8. The second-order valence-corrected chi connectivity index (χ2v) is 8.25. The number of carbonyl (C=O) groups excluding carboxylic acids is 1. The van der Waals surface area contributed by atoms with Gasteiger partial charge in [0.05, 0.1) is 0 Å². The highest BCUT2D eigenvalue weighted by atomic mass is 35.5. The van der Waals surface area contributed by atoms with Crippen LogP contribution in [0.5, 0.6) is 0 Å². The Morgan fingerprint density at radius 1 is 1.00 bits per heavy atom. The van der Waals surface area contributed by atoms with Gasteiger partial charge in [0, 0.05) is 42.8 Å². The van der Waals surface area contributed by atoms with Crippen LogP contribution in [0.15, 0.2) is 48.5 Å². The molecule has 0 bridgehead atoms. The van der Waals surface area contributed by atoms with Gasteiger partial charge in [0.1, 0.15) is 0 Å². The summed E-state index contributed by atoms with van der Waals surface area (Å²) in [5.74, 6) is 0.0375. The normalized spacial score (nSPS) is 15.6. The van der Waals surface area contributed by atoms with Gasteiger partial charge in [-0.1, -0.05) is 49.7 Å². The highest BCUT2D eigenvalue weighted by Crippen LogP contribution is 2.16. The van der Waals surface area contributed by atoms with E-state index in [2.05, 4.69) is 53.2 Å². The van der Waals surface area contributed by atoms with E-state index in [0.717, 1.165) is 62.7 Å². The number of hydrogen-bond donors (Lipinski definition) is 1. The molecule has 1 saturated heterocycles. The molecule has 2 aromatic carbocycles. The van der Waals surface area contributed by atoms with Crippen molar-refractivity contribution >= 4 is 17.5 Å². The van der Waals surface area contributed by atoms with Gasteiger partial charge in [0.25, 0.3) is 5.91 Å². The van der Waals surface area contributed by atoms with Crippen LogP contribution in [0.1, 0.15) is 48.2 Å². The summed E-state index contributed by atoms with van der Waals surface area (Å²) in [6.45, 7) is 10.3. The fourth-order valence-electron chi connectivity index (χ4n) is 3.82. The third kappa shape index (κ3) is 6.56. The summed E-state index contributed by atoms with van der Waals surface area (Å²) < 4.78 is 0. The molecular formula is C24H32ClN3O. The molecular weight excluding hydrogens is 382 g/mol. The van der Waals surface area contributed by atoms with E-state index < -0.39 is 0 Å². The molecule has 0 radical (unpaired) electrons.